The average molecular weight is 305 g/mol. The maximum Gasteiger partial charge on any atom is 0.0717 e. The molecule has 1 fully saturated rings. The van der Waals surface area contributed by atoms with Crippen LogP contribution in [0.4, 0.5) is 0 Å². The van der Waals surface area contributed by atoms with Crippen LogP contribution in [0.15, 0.2) is 30.3 Å². The molecule has 1 aliphatic rings. The summed E-state index contributed by atoms with van der Waals surface area (Å²) in [4.78, 5) is 2.40. The van der Waals surface area contributed by atoms with E-state index in [9.17, 15) is 5.11 Å². The fraction of sp³-hybridized carbons (Fsp3) is 0.684. The van der Waals surface area contributed by atoms with Gasteiger partial charge in [0.2, 0.25) is 0 Å². The average Bonchev–Trinajstić information content (AvgIpc) is 2.54. The van der Waals surface area contributed by atoms with Crippen LogP contribution in [0, 0.1) is 5.92 Å². The van der Waals surface area contributed by atoms with Gasteiger partial charge in [0.25, 0.3) is 0 Å². The summed E-state index contributed by atoms with van der Waals surface area (Å²) in [6.07, 6.45) is 5.43. The molecule has 3 nitrogen and oxygen atoms in total. The lowest BCUT2D eigenvalue weighted by molar-refractivity contribution is 0.0181. The van der Waals surface area contributed by atoms with Gasteiger partial charge in [-0.1, -0.05) is 43.7 Å². The summed E-state index contributed by atoms with van der Waals surface area (Å²) >= 11 is 0. The Bertz CT molecular complexity index is 409. The van der Waals surface area contributed by atoms with Crippen LogP contribution in [0.2, 0.25) is 0 Å². The number of aliphatic hydroxyl groups excluding tert-OH is 1. The first-order valence-corrected chi connectivity index (χ1v) is 8.70. The Morgan fingerprint density at radius 1 is 1.23 bits per heavy atom. The van der Waals surface area contributed by atoms with Gasteiger partial charge in [-0.15, -0.1) is 0 Å². The number of hydrogen-bond acceptors (Lipinski definition) is 3. The molecule has 1 aromatic carbocycles. The monoisotopic (exact) mass is 305 g/mol. The van der Waals surface area contributed by atoms with Crippen LogP contribution in [-0.2, 0) is 11.3 Å². The van der Waals surface area contributed by atoms with Gasteiger partial charge in [-0.3, -0.25) is 0 Å². The van der Waals surface area contributed by atoms with Crippen LogP contribution in [0.25, 0.3) is 0 Å². The third-order valence-electron chi connectivity index (χ3n) is 4.85. The molecule has 0 radical (unpaired) electrons. The summed E-state index contributed by atoms with van der Waals surface area (Å²) in [5.74, 6) is 0.729. The molecule has 22 heavy (non-hydrogen) atoms. The Balaban J connectivity index is 1.73. The van der Waals surface area contributed by atoms with E-state index in [-0.39, 0.29) is 6.10 Å². The molecule has 0 heterocycles. The Morgan fingerprint density at radius 2 is 2.00 bits per heavy atom. The predicted octanol–water partition coefficient (Wildman–Crippen LogP) is 3.46. The number of likely N-dealkylation sites (N-methyl/N-ethyl adjacent to an activating group) is 1. The molecule has 1 aromatic rings. The van der Waals surface area contributed by atoms with E-state index in [2.05, 4.69) is 31.0 Å². The zero-order valence-corrected chi connectivity index (χ0v) is 14.1. The van der Waals surface area contributed by atoms with E-state index >= 15 is 0 Å². The van der Waals surface area contributed by atoms with Crippen LogP contribution in [-0.4, -0.2) is 42.4 Å². The summed E-state index contributed by atoms with van der Waals surface area (Å²) in [5, 5.41) is 9.98. The highest BCUT2D eigenvalue weighted by Gasteiger charge is 2.31. The number of rotatable bonds is 8. The molecule has 1 aliphatic carbocycles. The molecular weight excluding hydrogens is 274 g/mol. The van der Waals surface area contributed by atoms with E-state index in [1.165, 1.54) is 18.4 Å². The van der Waals surface area contributed by atoms with Gasteiger partial charge >= 0.3 is 0 Å². The largest absolute Gasteiger partial charge is 0.393 e. The van der Waals surface area contributed by atoms with Crippen LogP contribution in [0.3, 0.4) is 0 Å². The minimum atomic E-state index is -0.120. The van der Waals surface area contributed by atoms with E-state index in [0.29, 0.717) is 12.6 Å². The Labute approximate surface area is 135 Å². The van der Waals surface area contributed by atoms with Gasteiger partial charge in [-0.25, -0.2) is 0 Å². The molecule has 0 aromatic heterocycles. The number of aliphatic hydroxyl groups is 1. The highest BCUT2D eigenvalue weighted by molar-refractivity contribution is 5.13. The van der Waals surface area contributed by atoms with Gasteiger partial charge in [0.05, 0.1) is 19.3 Å². The SMILES string of the molecule is CCCC1CCC(O)CC1N(C)CCOCc1ccccc1. The van der Waals surface area contributed by atoms with Crippen molar-refractivity contribution in [3.63, 3.8) is 0 Å². The first-order valence-electron chi connectivity index (χ1n) is 8.70. The summed E-state index contributed by atoms with van der Waals surface area (Å²) in [6.45, 7) is 4.62. The third kappa shape index (κ3) is 5.38. The second kappa shape index (κ2) is 9.29. The summed E-state index contributed by atoms with van der Waals surface area (Å²) < 4.78 is 5.80. The van der Waals surface area contributed by atoms with Crippen molar-refractivity contribution in [3.8, 4) is 0 Å². The van der Waals surface area contributed by atoms with E-state index in [1.54, 1.807) is 0 Å². The maximum absolute atomic E-state index is 9.98. The van der Waals surface area contributed by atoms with Crippen molar-refractivity contribution >= 4 is 0 Å². The molecule has 3 heteroatoms. The van der Waals surface area contributed by atoms with Crippen LogP contribution < -0.4 is 0 Å². The second-order valence-electron chi connectivity index (χ2n) is 6.60. The lowest BCUT2D eigenvalue weighted by atomic mass is 9.80. The molecule has 3 unspecified atom stereocenters. The Kier molecular flexibility index (Phi) is 7.37. The van der Waals surface area contributed by atoms with Crippen molar-refractivity contribution in [1.29, 1.82) is 0 Å². The highest BCUT2D eigenvalue weighted by Crippen LogP contribution is 2.31. The van der Waals surface area contributed by atoms with Crippen molar-refractivity contribution in [2.75, 3.05) is 20.2 Å². The number of benzene rings is 1. The van der Waals surface area contributed by atoms with Gasteiger partial charge in [0.15, 0.2) is 0 Å². The Morgan fingerprint density at radius 3 is 2.73 bits per heavy atom. The Hall–Kier alpha value is -0.900. The fourth-order valence-electron chi connectivity index (χ4n) is 3.57. The standard InChI is InChI=1S/C19H31NO2/c1-3-7-17-10-11-18(21)14-19(17)20(2)12-13-22-15-16-8-5-4-6-9-16/h4-6,8-9,17-19,21H,3,7,10-15H2,1-2H3. The molecule has 0 amide bonds. The highest BCUT2D eigenvalue weighted by atomic mass is 16.5. The zero-order chi connectivity index (χ0) is 15.8. The second-order valence-corrected chi connectivity index (χ2v) is 6.60. The minimum absolute atomic E-state index is 0.120. The molecule has 3 atom stereocenters. The maximum atomic E-state index is 9.98. The third-order valence-corrected chi connectivity index (χ3v) is 4.85. The zero-order valence-electron chi connectivity index (χ0n) is 14.1. The van der Waals surface area contributed by atoms with Gasteiger partial charge in [0, 0.05) is 12.6 Å². The van der Waals surface area contributed by atoms with Crippen LogP contribution >= 0.6 is 0 Å². The van der Waals surface area contributed by atoms with Crippen molar-refractivity contribution in [3.05, 3.63) is 35.9 Å². The molecule has 0 aliphatic heterocycles. The van der Waals surface area contributed by atoms with Crippen molar-refractivity contribution in [2.45, 2.75) is 57.8 Å². The summed E-state index contributed by atoms with van der Waals surface area (Å²) in [6, 6.07) is 10.8. The quantitative estimate of drug-likeness (QED) is 0.747. The molecular formula is C19H31NO2. The van der Waals surface area contributed by atoms with Crippen LogP contribution in [0.5, 0.6) is 0 Å². The van der Waals surface area contributed by atoms with E-state index in [4.69, 9.17) is 4.74 Å². The van der Waals surface area contributed by atoms with Crippen molar-refractivity contribution in [1.82, 2.24) is 4.90 Å². The lowest BCUT2D eigenvalue weighted by Crippen LogP contribution is -2.45. The fourth-order valence-corrected chi connectivity index (χ4v) is 3.57. The predicted molar refractivity (Wildman–Crippen MR) is 90.8 cm³/mol. The summed E-state index contributed by atoms with van der Waals surface area (Å²) in [5.41, 5.74) is 1.22. The van der Waals surface area contributed by atoms with E-state index < -0.39 is 0 Å². The van der Waals surface area contributed by atoms with Crippen molar-refractivity contribution < 1.29 is 9.84 Å². The topological polar surface area (TPSA) is 32.7 Å². The lowest BCUT2D eigenvalue weighted by Gasteiger charge is -2.40. The van der Waals surface area contributed by atoms with Crippen LogP contribution in [0.1, 0.15) is 44.6 Å². The number of ether oxygens (including phenoxy) is 1. The molecule has 0 spiro atoms. The first-order chi connectivity index (χ1) is 10.7. The summed E-state index contributed by atoms with van der Waals surface area (Å²) in [7, 11) is 2.18. The molecule has 1 N–H and O–H groups in total. The molecule has 124 valence electrons. The molecule has 1 saturated carbocycles. The first kappa shape index (κ1) is 17.5. The van der Waals surface area contributed by atoms with E-state index in [1.807, 2.05) is 18.2 Å². The smallest absolute Gasteiger partial charge is 0.0717 e. The molecule has 2 rings (SSSR count). The molecule has 0 saturated heterocycles. The molecule has 0 bridgehead atoms. The van der Waals surface area contributed by atoms with Gasteiger partial charge in [0.1, 0.15) is 0 Å². The van der Waals surface area contributed by atoms with Crippen molar-refractivity contribution in [2.24, 2.45) is 5.92 Å². The number of nitrogens with zero attached hydrogens (tertiary/aromatic N) is 1. The van der Waals surface area contributed by atoms with E-state index in [0.717, 1.165) is 38.3 Å². The number of hydrogen-bond donors (Lipinski definition) is 1. The minimum Gasteiger partial charge on any atom is -0.393 e. The van der Waals surface area contributed by atoms with Gasteiger partial charge < -0.3 is 14.7 Å². The van der Waals surface area contributed by atoms with Gasteiger partial charge in [-0.05, 0) is 44.2 Å². The van der Waals surface area contributed by atoms with Gasteiger partial charge in [-0.2, -0.15) is 0 Å². The normalized spacial score (nSPS) is 25.5.